The van der Waals surface area contributed by atoms with E-state index in [4.69, 9.17) is 14.2 Å². The number of ether oxygens (including phenoxy) is 3. The van der Waals surface area contributed by atoms with Crippen LogP contribution in [0.5, 0.6) is 0 Å². The molecule has 0 aliphatic rings. The smallest absolute Gasteiger partial charge is 0.306 e. The summed E-state index contributed by atoms with van der Waals surface area (Å²) < 4.78 is 17.0. The summed E-state index contributed by atoms with van der Waals surface area (Å²) in [6.07, 6.45) is 75.1. The zero-order chi connectivity index (χ0) is 53.6. The Bertz CT molecular complexity index is 1150. The van der Waals surface area contributed by atoms with E-state index in [1.807, 2.05) is 0 Å². The van der Waals surface area contributed by atoms with E-state index < -0.39 is 6.10 Å². The highest BCUT2D eigenvalue weighted by molar-refractivity contribution is 5.71. The lowest BCUT2D eigenvalue weighted by atomic mass is 10.0. The number of esters is 3. The van der Waals surface area contributed by atoms with Crippen LogP contribution >= 0.6 is 0 Å². The van der Waals surface area contributed by atoms with Crippen molar-refractivity contribution in [2.24, 2.45) is 0 Å². The fourth-order valence-corrected chi connectivity index (χ4v) is 10.4. The first-order chi connectivity index (χ1) is 36.5. The average Bonchev–Trinajstić information content (AvgIpc) is 3.40. The van der Waals surface area contributed by atoms with E-state index >= 15 is 0 Å². The van der Waals surface area contributed by atoms with Crippen molar-refractivity contribution in [3.8, 4) is 0 Å². The average molecular weight is 1040 g/mol. The second-order valence-corrected chi connectivity index (χ2v) is 23.1. The highest BCUT2D eigenvalue weighted by atomic mass is 16.6. The van der Waals surface area contributed by atoms with Crippen molar-refractivity contribution >= 4 is 17.9 Å². The summed E-state index contributed by atoms with van der Waals surface area (Å²) in [5.74, 6) is -0.831. The van der Waals surface area contributed by atoms with Gasteiger partial charge in [-0.1, -0.05) is 335 Å². The maximum Gasteiger partial charge on any atom is 0.306 e. The summed E-state index contributed by atoms with van der Waals surface area (Å²) in [5.41, 5.74) is 0. The normalized spacial score (nSPS) is 12.0. The molecule has 0 aliphatic carbocycles. The van der Waals surface area contributed by atoms with Gasteiger partial charge in [0.15, 0.2) is 6.10 Å². The van der Waals surface area contributed by atoms with E-state index in [1.54, 1.807) is 0 Å². The molecule has 0 saturated heterocycles. The standard InChI is InChI=1S/C68H130O6/c1-4-7-10-13-16-19-22-25-28-31-33-35-37-40-43-46-49-52-55-58-61-67(70)73-64-65(63-72-66(69)60-57-54-51-48-45-42-39-36-30-27-24-21-18-15-12-9-6-3)74-68(71)62-59-56-53-50-47-44-41-38-34-32-29-26-23-20-17-14-11-8-5-2/h26,29,65H,4-25,27-28,30-64H2,1-3H3/b29-26-. The van der Waals surface area contributed by atoms with Crippen molar-refractivity contribution in [3.63, 3.8) is 0 Å². The molecule has 1 unspecified atom stereocenters. The van der Waals surface area contributed by atoms with Gasteiger partial charge in [0.05, 0.1) is 0 Å². The molecule has 0 aromatic heterocycles. The predicted molar refractivity (Wildman–Crippen MR) is 321 cm³/mol. The third-order valence-electron chi connectivity index (χ3n) is 15.5. The fraction of sp³-hybridized carbons (Fsp3) is 0.926. The highest BCUT2D eigenvalue weighted by Crippen LogP contribution is 2.18. The van der Waals surface area contributed by atoms with Crippen LogP contribution in [0.4, 0.5) is 0 Å². The van der Waals surface area contributed by atoms with Crippen molar-refractivity contribution in [3.05, 3.63) is 12.2 Å². The molecule has 6 heteroatoms. The number of hydrogen-bond acceptors (Lipinski definition) is 6. The maximum atomic E-state index is 12.9. The molecule has 438 valence electrons. The predicted octanol–water partition coefficient (Wildman–Crippen LogP) is 22.8. The Morgan fingerprint density at radius 3 is 0.676 bits per heavy atom. The monoisotopic (exact) mass is 1040 g/mol. The largest absolute Gasteiger partial charge is 0.462 e. The Hall–Kier alpha value is -1.85. The number of allylic oxidation sites excluding steroid dienone is 2. The van der Waals surface area contributed by atoms with E-state index in [9.17, 15) is 14.4 Å². The first kappa shape index (κ1) is 72.2. The summed E-state index contributed by atoms with van der Waals surface area (Å²) in [5, 5.41) is 0. The number of rotatable bonds is 63. The van der Waals surface area contributed by atoms with Gasteiger partial charge in [-0.15, -0.1) is 0 Å². The van der Waals surface area contributed by atoms with Crippen molar-refractivity contribution in [2.45, 2.75) is 393 Å². The van der Waals surface area contributed by atoms with E-state index in [2.05, 4.69) is 32.9 Å². The zero-order valence-electron chi connectivity index (χ0n) is 50.4. The first-order valence-electron chi connectivity index (χ1n) is 33.7. The van der Waals surface area contributed by atoms with E-state index in [-0.39, 0.29) is 31.1 Å². The molecule has 0 spiro atoms. The van der Waals surface area contributed by atoms with E-state index in [1.165, 1.54) is 289 Å². The van der Waals surface area contributed by atoms with Crippen molar-refractivity contribution < 1.29 is 28.6 Å². The third kappa shape index (κ3) is 61.0. The molecule has 0 aromatic rings. The first-order valence-corrected chi connectivity index (χ1v) is 33.7. The molecule has 0 heterocycles. The molecule has 0 fully saturated rings. The lowest BCUT2D eigenvalue weighted by Gasteiger charge is -2.18. The van der Waals surface area contributed by atoms with Gasteiger partial charge in [0.2, 0.25) is 0 Å². The van der Waals surface area contributed by atoms with E-state index in [0.29, 0.717) is 19.3 Å². The van der Waals surface area contributed by atoms with Gasteiger partial charge >= 0.3 is 17.9 Å². The Labute approximate surface area is 462 Å². The Balaban J connectivity index is 4.29. The van der Waals surface area contributed by atoms with Crippen LogP contribution in [0.3, 0.4) is 0 Å². The van der Waals surface area contributed by atoms with E-state index in [0.717, 1.165) is 57.8 Å². The quantitative estimate of drug-likeness (QED) is 0.0261. The maximum absolute atomic E-state index is 12.9. The third-order valence-corrected chi connectivity index (χ3v) is 15.5. The van der Waals surface area contributed by atoms with Gasteiger partial charge in [-0.05, 0) is 44.9 Å². The second kappa shape index (κ2) is 63.7. The Morgan fingerprint density at radius 2 is 0.446 bits per heavy atom. The molecule has 6 nitrogen and oxygen atoms in total. The molecule has 0 saturated carbocycles. The van der Waals surface area contributed by atoms with Gasteiger partial charge in [-0.2, -0.15) is 0 Å². The van der Waals surface area contributed by atoms with Crippen molar-refractivity contribution in [1.29, 1.82) is 0 Å². The molecule has 0 bridgehead atoms. The lowest BCUT2D eigenvalue weighted by molar-refractivity contribution is -0.167. The molecule has 0 aliphatic heterocycles. The van der Waals surface area contributed by atoms with Gasteiger partial charge in [0, 0.05) is 19.3 Å². The highest BCUT2D eigenvalue weighted by Gasteiger charge is 2.19. The van der Waals surface area contributed by atoms with Crippen LogP contribution in [-0.2, 0) is 28.6 Å². The van der Waals surface area contributed by atoms with Gasteiger partial charge < -0.3 is 14.2 Å². The van der Waals surface area contributed by atoms with Crippen LogP contribution in [0.2, 0.25) is 0 Å². The van der Waals surface area contributed by atoms with Gasteiger partial charge in [-0.3, -0.25) is 14.4 Å². The van der Waals surface area contributed by atoms with Gasteiger partial charge in [-0.25, -0.2) is 0 Å². The van der Waals surface area contributed by atoms with Crippen LogP contribution in [0.1, 0.15) is 387 Å². The Morgan fingerprint density at radius 1 is 0.257 bits per heavy atom. The fourth-order valence-electron chi connectivity index (χ4n) is 10.4. The number of carbonyl (C=O) groups excluding carboxylic acids is 3. The Kier molecular flexibility index (Phi) is 62.1. The summed E-state index contributed by atoms with van der Waals surface area (Å²) >= 11 is 0. The van der Waals surface area contributed by atoms with Crippen LogP contribution in [0.25, 0.3) is 0 Å². The number of unbranched alkanes of at least 4 members (excludes halogenated alkanes) is 50. The minimum Gasteiger partial charge on any atom is -0.462 e. The minimum atomic E-state index is -0.767. The number of carbonyl (C=O) groups is 3. The summed E-state index contributed by atoms with van der Waals surface area (Å²) in [6.45, 7) is 6.72. The van der Waals surface area contributed by atoms with Crippen molar-refractivity contribution in [2.75, 3.05) is 13.2 Å². The molecule has 1 atom stereocenters. The molecular formula is C68H130O6. The molecule has 0 aromatic carbocycles. The molecule has 0 N–H and O–H groups in total. The van der Waals surface area contributed by atoms with Gasteiger partial charge in [0.25, 0.3) is 0 Å². The van der Waals surface area contributed by atoms with Crippen LogP contribution in [-0.4, -0.2) is 37.2 Å². The van der Waals surface area contributed by atoms with Crippen LogP contribution in [0.15, 0.2) is 12.2 Å². The SMILES string of the molecule is CCCCCCCC/C=C\CCCCCCCCCCCC(=O)OC(COC(=O)CCCCCCCCCCCCCCCCCCC)COC(=O)CCCCCCCCCCCCCCCCCCCCCC. The zero-order valence-corrected chi connectivity index (χ0v) is 50.4. The molecular weight excluding hydrogens is 913 g/mol. The van der Waals surface area contributed by atoms with Crippen LogP contribution < -0.4 is 0 Å². The molecule has 0 rings (SSSR count). The van der Waals surface area contributed by atoms with Crippen molar-refractivity contribution in [1.82, 2.24) is 0 Å². The van der Waals surface area contributed by atoms with Gasteiger partial charge in [0.1, 0.15) is 13.2 Å². The number of hydrogen-bond donors (Lipinski definition) is 0. The topological polar surface area (TPSA) is 78.9 Å². The summed E-state index contributed by atoms with van der Waals surface area (Å²) in [7, 11) is 0. The molecule has 0 radical (unpaired) electrons. The van der Waals surface area contributed by atoms with Crippen LogP contribution in [0, 0.1) is 0 Å². The lowest BCUT2D eigenvalue weighted by Crippen LogP contribution is -2.30. The second-order valence-electron chi connectivity index (χ2n) is 23.1. The minimum absolute atomic E-state index is 0.0638. The summed E-state index contributed by atoms with van der Waals surface area (Å²) in [4.78, 5) is 38.4. The molecule has 0 amide bonds. The summed E-state index contributed by atoms with van der Waals surface area (Å²) in [6, 6.07) is 0. The molecule has 74 heavy (non-hydrogen) atoms.